The largest absolute Gasteiger partial charge is 0.356 e. The molecule has 0 aromatic carbocycles. The molecular weight excluding hydrogens is 298 g/mol. The Labute approximate surface area is 136 Å². The maximum atomic E-state index is 5.24. The molecule has 6 nitrogen and oxygen atoms in total. The number of aliphatic imine (C=N–C) groups is 1. The van der Waals surface area contributed by atoms with Crippen molar-refractivity contribution in [2.45, 2.75) is 56.7 Å². The summed E-state index contributed by atoms with van der Waals surface area (Å²) in [5.74, 6) is 2.60. The molecule has 2 N–H and O–H groups in total. The molecule has 1 aliphatic rings. The van der Waals surface area contributed by atoms with Gasteiger partial charge in [-0.05, 0) is 25.5 Å². The predicted molar refractivity (Wildman–Crippen MR) is 91.5 cm³/mol. The van der Waals surface area contributed by atoms with E-state index < -0.39 is 0 Å². The van der Waals surface area contributed by atoms with Crippen LogP contribution in [0.3, 0.4) is 0 Å². The van der Waals surface area contributed by atoms with Crippen molar-refractivity contribution < 1.29 is 4.52 Å². The maximum absolute atomic E-state index is 5.24. The standard InChI is InChI=1S/C15H27N5OS/c1-10(2)14-19-13(21-20-14)7-8-17-15(16-3)18-11-5-6-12(9-11)22-4/h10-12H,5-9H2,1-4H3,(H2,16,17,18). The summed E-state index contributed by atoms with van der Waals surface area (Å²) in [5, 5.41) is 11.6. The smallest absolute Gasteiger partial charge is 0.228 e. The third-order valence-corrected chi connectivity index (χ3v) is 5.01. The summed E-state index contributed by atoms with van der Waals surface area (Å²) in [6, 6.07) is 0.527. The molecule has 124 valence electrons. The Bertz CT molecular complexity index is 488. The van der Waals surface area contributed by atoms with Crippen LogP contribution in [0.1, 0.15) is 50.7 Å². The van der Waals surface area contributed by atoms with Gasteiger partial charge in [-0.1, -0.05) is 19.0 Å². The summed E-state index contributed by atoms with van der Waals surface area (Å²) in [4.78, 5) is 8.66. The van der Waals surface area contributed by atoms with Crippen molar-refractivity contribution in [3.8, 4) is 0 Å². The summed E-state index contributed by atoms with van der Waals surface area (Å²) < 4.78 is 5.24. The molecule has 0 amide bonds. The normalized spacial score (nSPS) is 22.3. The molecule has 1 aromatic heterocycles. The molecule has 1 heterocycles. The van der Waals surface area contributed by atoms with Gasteiger partial charge in [-0.15, -0.1) is 0 Å². The van der Waals surface area contributed by atoms with Gasteiger partial charge in [0, 0.05) is 37.2 Å². The van der Waals surface area contributed by atoms with E-state index in [1.165, 1.54) is 19.3 Å². The molecule has 0 radical (unpaired) electrons. The van der Waals surface area contributed by atoms with Gasteiger partial charge in [0.2, 0.25) is 5.89 Å². The first kappa shape index (κ1) is 17.1. The van der Waals surface area contributed by atoms with Crippen LogP contribution in [0.25, 0.3) is 0 Å². The minimum atomic E-state index is 0.298. The number of nitrogens with one attached hydrogen (secondary N) is 2. The van der Waals surface area contributed by atoms with Crippen LogP contribution in [0.5, 0.6) is 0 Å². The van der Waals surface area contributed by atoms with Gasteiger partial charge < -0.3 is 15.2 Å². The fourth-order valence-corrected chi connectivity index (χ4v) is 3.36. The average molecular weight is 325 g/mol. The van der Waals surface area contributed by atoms with Crippen molar-refractivity contribution in [2.75, 3.05) is 19.8 Å². The van der Waals surface area contributed by atoms with Crippen molar-refractivity contribution in [3.05, 3.63) is 11.7 Å². The zero-order valence-corrected chi connectivity index (χ0v) is 14.7. The number of guanidine groups is 1. The van der Waals surface area contributed by atoms with Crippen LogP contribution < -0.4 is 10.6 Å². The Balaban J connectivity index is 1.72. The first-order chi connectivity index (χ1) is 10.6. The van der Waals surface area contributed by atoms with Crippen LogP contribution in [0.4, 0.5) is 0 Å². The molecule has 1 aliphatic carbocycles. The Morgan fingerprint density at radius 1 is 1.45 bits per heavy atom. The highest BCUT2D eigenvalue weighted by Crippen LogP contribution is 2.27. The molecular formula is C15H27N5OS. The van der Waals surface area contributed by atoms with E-state index in [1.54, 1.807) is 7.05 Å². The molecule has 2 rings (SSSR count). The van der Waals surface area contributed by atoms with E-state index in [9.17, 15) is 0 Å². The Morgan fingerprint density at radius 3 is 2.86 bits per heavy atom. The first-order valence-electron chi connectivity index (χ1n) is 7.94. The zero-order valence-electron chi connectivity index (χ0n) is 13.9. The number of thioether (sulfide) groups is 1. The van der Waals surface area contributed by atoms with E-state index in [2.05, 4.69) is 45.9 Å². The number of aromatic nitrogens is 2. The second kappa shape index (κ2) is 8.41. The minimum absolute atomic E-state index is 0.298. The van der Waals surface area contributed by atoms with E-state index in [0.29, 0.717) is 24.3 Å². The molecule has 7 heteroatoms. The third-order valence-electron chi connectivity index (χ3n) is 3.91. The second-order valence-corrected chi connectivity index (χ2v) is 7.10. The lowest BCUT2D eigenvalue weighted by Gasteiger charge is -2.16. The van der Waals surface area contributed by atoms with E-state index in [1.807, 2.05) is 11.8 Å². The van der Waals surface area contributed by atoms with E-state index in [0.717, 1.165) is 23.6 Å². The molecule has 2 atom stereocenters. The highest BCUT2D eigenvalue weighted by Gasteiger charge is 2.24. The summed E-state index contributed by atoms with van der Waals surface area (Å²) in [6.45, 7) is 4.85. The maximum Gasteiger partial charge on any atom is 0.228 e. The van der Waals surface area contributed by atoms with Crippen molar-refractivity contribution in [1.82, 2.24) is 20.8 Å². The number of hydrogen-bond donors (Lipinski definition) is 2. The summed E-state index contributed by atoms with van der Waals surface area (Å²) in [7, 11) is 1.81. The first-order valence-corrected chi connectivity index (χ1v) is 9.23. The van der Waals surface area contributed by atoms with Gasteiger partial charge in [0.25, 0.3) is 0 Å². The lowest BCUT2D eigenvalue weighted by molar-refractivity contribution is 0.371. The van der Waals surface area contributed by atoms with Crippen molar-refractivity contribution in [3.63, 3.8) is 0 Å². The molecule has 0 saturated heterocycles. The van der Waals surface area contributed by atoms with Gasteiger partial charge in [0.15, 0.2) is 11.8 Å². The second-order valence-electron chi connectivity index (χ2n) is 5.96. The molecule has 0 bridgehead atoms. The van der Waals surface area contributed by atoms with Gasteiger partial charge >= 0.3 is 0 Å². The molecule has 0 spiro atoms. The van der Waals surface area contributed by atoms with Gasteiger partial charge in [0.1, 0.15) is 0 Å². The van der Waals surface area contributed by atoms with Gasteiger partial charge in [0.05, 0.1) is 0 Å². The van der Waals surface area contributed by atoms with Crippen molar-refractivity contribution >= 4 is 17.7 Å². The van der Waals surface area contributed by atoms with Gasteiger partial charge in [-0.3, -0.25) is 4.99 Å². The van der Waals surface area contributed by atoms with E-state index in [4.69, 9.17) is 4.52 Å². The lowest BCUT2D eigenvalue weighted by atomic mass is 10.2. The minimum Gasteiger partial charge on any atom is -0.356 e. The highest BCUT2D eigenvalue weighted by molar-refractivity contribution is 7.99. The SMILES string of the molecule is CN=C(NCCc1nc(C(C)C)no1)NC1CCC(SC)C1. The van der Waals surface area contributed by atoms with Gasteiger partial charge in [-0.25, -0.2) is 0 Å². The zero-order chi connectivity index (χ0) is 15.9. The molecule has 0 aliphatic heterocycles. The summed E-state index contributed by atoms with van der Waals surface area (Å²) in [5.41, 5.74) is 0. The fraction of sp³-hybridized carbons (Fsp3) is 0.800. The van der Waals surface area contributed by atoms with E-state index >= 15 is 0 Å². The molecule has 1 aromatic rings. The van der Waals surface area contributed by atoms with Crippen LogP contribution in [0.15, 0.2) is 9.52 Å². The third kappa shape index (κ3) is 4.90. The number of hydrogen-bond acceptors (Lipinski definition) is 5. The fourth-order valence-electron chi connectivity index (χ4n) is 2.57. The molecule has 1 fully saturated rings. The Morgan fingerprint density at radius 2 is 2.27 bits per heavy atom. The Hall–Kier alpha value is -1.24. The van der Waals surface area contributed by atoms with Crippen LogP contribution in [-0.4, -0.2) is 47.2 Å². The molecule has 22 heavy (non-hydrogen) atoms. The molecule has 2 unspecified atom stereocenters. The summed E-state index contributed by atoms with van der Waals surface area (Å²) >= 11 is 1.96. The van der Waals surface area contributed by atoms with Crippen LogP contribution >= 0.6 is 11.8 Å². The lowest BCUT2D eigenvalue weighted by Crippen LogP contribution is -2.43. The predicted octanol–water partition coefficient (Wildman–Crippen LogP) is 2.18. The summed E-state index contributed by atoms with van der Waals surface area (Å²) in [6.07, 6.45) is 6.61. The van der Waals surface area contributed by atoms with Crippen molar-refractivity contribution in [1.29, 1.82) is 0 Å². The Kier molecular flexibility index (Phi) is 6.54. The quantitative estimate of drug-likeness (QED) is 0.617. The van der Waals surface area contributed by atoms with Gasteiger partial charge in [-0.2, -0.15) is 16.7 Å². The number of nitrogens with zero attached hydrogens (tertiary/aromatic N) is 3. The highest BCUT2D eigenvalue weighted by atomic mass is 32.2. The van der Waals surface area contributed by atoms with Crippen LogP contribution in [0, 0.1) is 0 Å². The topological polar surface area (TPSA) is 75.3 Å². The van der Waals surface area contributed by atoms with Crippen molar-refractivity contribution in [2.24, 2.45) is 4.99 Å². The molecule has 1 saturated carbocycles. The number of rotatable bonds is 6. The van der Waals surface area contributed by atoms with Crippen LogP contribution in [0.2, 0.25) is 0 Å². The average Bonchev–Trinajstić information content (AvgIpc) is 3.15. The van der Waals surface area contributed by atoms with Crippen LogP contribution in [-0.2, 0) is 6.42 Å². The monoisotopic (exact) mass is 325 g/mol. The van der Waals surface area contributed by atoms with E-state index in [-0.39, 0.29) is 0 Å².